The van der Waals surface area contributed by atoms with E-state index in [0.717, 1.165) is 12.8 Å². The predicted octanol–water partition coefficient (Wildman–Crippen LogP) is 2.35. The van der Waals surface area contributed by atoms with E-state index in [0.29, 0.717) is 12.8 Å². The number of aliphatic hydroxyl groups is 1. The Balaban J connectivity index is 2.12. The molecule has 96 valence electrons. The Morgan fingerprint density at radius 2 is 2.29 bits per heavy atom. The van der Waals surface area contributed by atoms with Crippen molar-refractivity contribution in [2.45, 2.75) is 51.7 Å². The van der Waals surface area contributed by atoms with E-state index in [4.69, 9.17) is 0 Å². The Bertz CT molecular complexity index is 322. The maximum absolute atomic E-state index is 11.6. The molecule has 0 aliphatic carbocycles. The minimum atomic E-state index is -0.364. The molecular weight excluding hydrogens is 234 g/mol. The molecule has 0 aliphatic heterocycles. The molecule has 0 bridgehead atoms. The van der Waals surface area contributed by atoms with Crippen molar-refractivity contribution in [3.8, 4) is 0 Å². The maximum atomic E-state index is 11.6. The molecule has 3 nitrogen and oxygen atoms in total. The van der Waals surface area contributed by atoms with Crippen LogP contribution in [0.5, 0.6) is 0 Å². The molecule has 0 spiro atoms. The summed E-state index contributed by atoms with van der Waals surface area (Å²) in [7, 11) is 0. The minimum absolute atomic E-state index is 0.0456. The summed E-state index contributed by atoms with van der Waals surface area (Å²) in [6.07, 6.45) is 2.65. The van der Waals surface area contributed by atoms with Gasteiger partial charge in [-0.05, 0) is 44.6 Å². The molecule has 0 aliphatic rings. The Hall–Kier alpha value is -0.870. The molecule has 1 rings (SSSR count). The van der Waals surface area contributed by atoms with Crippen LogP contribution in [-0.2, 0) is 11.2 Å². The van der Waals surface area contributed by atoms with E-state index in [1.165, 1.54) is 4.88 Å². The van der Waals surface area contributed by atoms with Crippen LogP contribution in [0.1, 0.15) is 38.0 Å². The summed E-state index contributed by atoms with van der Waals surface area (Å²) in [6.45, 7) is 3.66. The van der Waals surface area contributed by atoms with E-state index >= 15 is 0 Å². The van der Waals surface area contributed by atoms with Crippen molar-refractivity contribution in [1.29, 1.82) is 0 Å². The van der Waals surface area contributed by atoms with Crippen LogP contribution in [0.3, 0.4) is 0 Å². The van der Waals surface area contributed by atoms with Crippen LogP contribution < -0.4 is 5.32 Å². The summed E-state index contributed by atoms with van der Waals surface area (Å²) in [6, 6.07) is 4.17. The van der Waals surface area contributed by atoms with Crippen LogP contribution in [0.25, 0.3) is 0 Å². The Morgan fingerprint density at radius 1 is 1.53 bits per heavy atom. The summed E-state index contributed by atoms with van der Waals surface area (Å²) in [5, 5.41) is 14.1. The van der Waals surface area contributed by atoms with Crippen molar-refractivity contribution in [2.75, 3.05) is 0 Å². The van der Waals surface area contributed by atoms with Gasteiger partial charge in [0.15, 0.2) is 0 Å². The summed E-state index contributed by atoms with van der Waals surface area (Å²) in [4.78, 5) is 12.9. The fraction of sp³-hybridized carbons (Fsp3) is 0.615. The number of hydrogen-bond donors (Lipinski definition) is 2. The molecule has 2 atom stereocenters. The molecule has 2 N–H and O–H groups in total. The van der Waals surface area contributed by atoms with Crippen LogP contribution in [0.4, 0.5) is 0 Å². The van der Waals surface area contributed by atoms with Crippen molar-refractivity contribution >= 4 is 17.2 Å². The third-order valence-corrected chi connectivity index (χ3v) is 3.45. The lowest BCUT2D eigenvalue weighted by molar-refractivity contribution is -0.121. The minimum Gasteiger partial charge on any atom is -0.393 e. The molecule has 1 heterocycles. The topological polar surface area (TPSA) is 49.3 Å². The van der Waals surface area contributed by atoms with E-state index in [9.17, 15) is 9.90 Å². The Kier molecular flexibility index (Phi) is 6.22. The number of aliphatic hydroxyl groups excluding tert-OH is 1. The zero-order valence-corrected chi connectivity index (χ0v) is 11.3. The van der Waals surface area contributed by atoms with E-state index in [1.54, 1.807) is 18.3 Å². The van der Waals surface area contributed by atoms with E-state index in [1.807, 2.05) is 13.0 Å². The SMILES string of the molecule is CC(O)CC(C)NC(=O)CCCc1cccs1. The molecule has 0 saturated carbocycles. The fourth-order valence-corrected chi connectivity index (χ4v) is 2.55. The van der Waals surface area contributed by atoms with Gasteiger partial charge in [0.05, 0.1) is 6.10 Å². The number of carbonyl (C=O) groups is 1. The molecule has 1 amide bonds. The van der Waals surface area contributed by atoms with Gasteiger partial charge in [-0.3, -0.25) is 4.79 Å². The number of carbonyl (C=O) groups excluding carboxylic acids is 1. The highest BCUT2D eigenvalue weighted by molar-refractivity contribution is 7.09. The van der Waals surface area contributed by atoms with Crippen LogP contribution in [0, 0.1) is 0 Å². The summed E-state index contributed by atoms with van der Waals surface area (Å²) < 4.78 is 0. The Morgan fingerprint density at radius 3 is 2.88 bits per heavy atom. The van der Waals surface area contributed by atoms with Gasteiger partial charge in [-0.1, -0.05) is 6.07 Å². The number of nitrogens with one attached hydrogen (secondary N) is 1. The molecule has 1 aromatic heterocycles. The highest BCUT2D eigenvalue weighted by Gasteiger charge is 2.09. The van der Waals surface area contributed by atoms with Gasteiger partial charge in [-0.25, -0.2) is 0 Å². The van der Waals surface area contributed by atoms with Gasteiger partial charge in [0.25, 0.3) is 0 Å². The van der Waals surface area contributed by atoms with Gasteiger partial charge in [-0.2, -0.15) is 0 Å². The monoisotopic (exact) mass is 255 g/mol. The zero-order valence-electron chi connectivity index (χ0n) is 10.5. The third-order valence-electron chi connectivity index (χ3n) is 2.51. The second-order valence-electron chi connectivity index (χ2n) is 4.49. The number of thiophene rings is 1. The van der Waals surface area contributed by atoms with Crippen molar-refractivity contribution in [3.63, 3.8) is 0 Å². The number of hydrogen-bond acceptors (Lipinski definition) is 3. The molecular formula is C13H21NO2S. The third kappa shape index (κ3) is 6.44. The second kappa shape index (κ2) is 7.45. The van der Waals surface area contributed by atoms with Gasteiger partial charge in [0.1, 0.15) is 0 Å². The van der Waals surface area contributed by atoms with Gasteiger partial charge in [0.2, 0.25) is 5.91 Å². The fourth-order valence-electron chi connectivity index (χ4n) is 1.80. The van der Waals surface area contributed by atoms with Crippen molar-refractivity contribution in [3.05, 3.63) is 22.4 Å². The van der Waals surface area contributed by atoms with Crippen molar-refractivity contribution < 1.29 is 9.90 Å². The van der Waals surface area contributed by atoms with Crippen LogP contribution in [0.15, 0.2) is 17.5 Å². The Labute approximate surface area is 107 Å². The predicted molar refractivity (Wildman–Crippen MR) is 71.2 cm³/mol. The first-order chi connectivity index (χ1) is 8.08. The summed E-state index contributed by atoms with van der Waals surface area (Å²) in [5.74, 6) is 0.0784. The molecule has 0 fully saturated rings. The van der Waals surface area contributed by atoms with E-state index < -0.39 is 0 Å². The van der Waals surface area contributed by atoms with Crippen LogP contribution in [-0.4, -0.2) is 23.2 Å². The van der Waals surface area contributed by atoms with E-state index in [2.05, 4.69) is 16.8 Å². The molecule has 4 heteroatoms. The number of aryl methyl sites for hydroxylation is 1. The smallest absolute Gasteiger partial charge is 0.220 e. The first-order valence-corrected chi connectivity index (χ1v) is 6.95. The van der Waals surface area contributed by atoms with E-state index in [-0.39, 0.29) is 18.1 Å². The first kappa shape index (κ1) is 14.2. The van der Waals surface area contributed by atoms with Gasteiger partial charge in [0, 0.05) is 17.3 Å². The maximum Gasteiger partial charge on any atom is 0.220 e. The van der Waals surface area contributed by atoms with Crippen molar-refractivity contribution in [1.82, 2.24) is 5.32 Å². The summed E-state index contributed by atoms with van der Waals surface area (Å²) >= 11 is 1.73. The lowest BCUT2D eigenvalue weighted by atomic mass is 10.1. The lowest BCUT2D eigenvalue weighted by Crippen LogP contribution is -2.34. The average Bonchev–Trinajstić information content (AvgIpc) is 2.68. The molecule has 1 aromatic rings. The molecule has 0 saturated heterocycles. The zero-order chi connectivity index (χ0) is 12.7. The molecule has 17 heavy (non-hydrogen) atoms. The average molecular weight is 255 g/mol. The molecule has 0 radical (unpaired) electrons. The molecule has 0 aromatic carbocycles. The second-order valence-corrected chi connectivity index (χ2v) is 5.52. The molecule has 2 unspecified atom stereocenters. The largest absolute Gasteiger partial charge is 0.393 e. The van der Waals surface area contributed by atoms with Crippen molar-refractivity contribution in [2.24, 2.45) is 0 Å². The highest BCUT2D eigenvalue weighted by Crippen LogP contribution is 2.11. The highest BCUT2D eigenvalue weighted by atomic mass is 32.1. The van der Waals surface area contributed by atoms with Gasteiger partial charge < -0.3 is 10.4 Å². The van der Waals surface area contributed by atoms with Crippen LogP contribution in [0.2, 0.25) is 0 Å². The quantitative estimate of drug-likeness (QED) is 0.785. The lowest BCUT2D eigenvalue weighted by Gasteiger charge is -2.15. The van der Waals surface area contributed by atoms with Crippen LogP contribution >= 0.6 is 11.3 Å². The van der Waals surface area contributed by atoms with Gasteiger partial charge in [-0.15, -0.1) is 11.3 Å². The summed E-state index contributed by atoms with van der Waals surface area (Å²) in [5.41, 5.74) is 0. The number of amides is 1. The van der Waals surface area contributed by atoms with Gasteiger partial charge >= 0.3 is 0 Å². The normalized spacial score (nSPS) is 14.3. The number of rotatable bonds is 7. The standard InChI is InChI=1S/C13H21NO2S/c1-10(9-11(2)15)14-13(16)7-3-5-12-6-4-8-17-12/h4,6,8,10-11,15H,3,5,7,9H2,1-2H3,(H,14,16). The first-order valence-electron chi connectivity index (χ1n) is 6.07.